The molecule has 0 saturated heterocycles. The van der Waals surface area contributed by atoms with Gasteiger partial charge in [0, 0.05) is 20.6 Å². The lowest BCUT2D eigenvalue weighted by Gasteiger charge is -2.07. The summed E-state index contributed by atoms with van der Waals surface area (Å²) in [6, 6.07) is 22.3. The van der Waals surface area contributed by atoms with Gasteiger partial charge in [-0.15, -0.1) is 0 Å². The number of halogens is 2. The maximum atomic E-state index is 13.5. The van der Waals surface area contributed by atoms with Crippen LogP contribution in [0.3, 0.4) is 0 Å². The molecule has 0 bridgehead atoms. The van der Waals surface area contributed by atoms with Gasteiger partial charge in [-0.25, -0.2) is 8.42 Å². The van der Waals surface area contributed by atoms with E-state index >= 15 is 0 Å². The molecule has 0 N–H and O–H groups in total. The van der Waals surface area contributed by atoms with Crippen LogP contribution < -0.4 is 0 Å². The van der Waals surface area contributed by atoms with Crippen LogP contribution in [0.5, 0.6) is 0 Å². The zero-order chi connectivity index (χ0) is 19.7. The second kappa shape index (κ2) is 7.54. The highest BCUT2D eigenvalue weighted by Gasteiger charge is 2.31. The number of hydrogen-bond donors (Lipinski definition) is 0. The Kier molecular flexibility index (Phi) is 5.10. The third-order valence-corrected chi connectivity index (χ3v) is 6.79. The van der Waals surface area contributed by atoms with Crippen LogP contribution in [-0.4, -0.2) is 13.6 Å². The molecule has 0 unspecified atom stereocenters. The summed E-state index contributed by atoms with van der Waals surface area (Å²) in [6.45, 7) is 0. The monoisotopic (exact) mass is 473 g/mol. The van der Waals surface area contributed by atoms with Crippen molar-refractivity contribution in [3.8, 4) is 22.6 Å². The molecule has 140 valence electrons. The number of sulfone groups is 1. The molecule has 4 rings (SSSR count). The van der Waals surface area contributed by atoms with Crippen molar-refractivity contribution in [1.29, 1.82) is 0 Å². The Balaban J connectivity index is 1.98. The summed E-state index contributed by atoms with van der Waals surface area (Å²) in [5, 5.41) is 4.64. The minimum absolute atomic E-state index is 0.0309. The maximum absolute atomic E-state index is 13.5. The first-order valence-corrected chi connectivity index (χ1v) is 10.9. The zero-order valence-electron chi connectivity index (χ0n) is 14.3. The van der Waals surface area contributed by atoms with E-state index in [1.54, 1.807) is 60.7 Å². The zero-order valence-corrected chi connectivity index (χ0v) is 17.5. The van der Waals surface area contributed by atoms with Gasteiger partial charge >= 0.3 is 0 Å². The molecule has 0 aliphatic rings. The molecule has 1 heterocycles. The molecule has 28 heavy (non-hydrogen) atoms. The Bertz CT molecular complexity index is 1220. The maximum Gasteiger partial charge on any atom is 0.212 e. The molecule has 7 heteroatoms. The Morgan fingerprint density at radius 3 is 2.11 bits per heavy atom. The summed E-state index contributed by atoms with van der Waals surface area (Å²) in [5.74, 6) is 0.202. The van der Waals surface area contributed by atoms with Gasteiger partial charge in [-0.2, -0.15) is 0 Å². The molecule has 0 radical (unpaired) electrons. The molecule has 0 aliphatic heterocycles. The molecule has 0 spiro atoms. The Hall–Kier alpha value is -2.41. The number of benzene rings is 3. The van der Waals surface area contributed by atoms with Crippen molar-refractivity contribution in [2.75, 3.05) is 0 Å². The largest absolute Gasteiger partial charge is 0.354 e. The van der Waals surface area contributed by atoms with Gasteiger partial charge < -0.3 is 4.52 Å². The lowest BCUT2D eigenvalue weighted by atomic mass is 10.1. The van der Waals surface area contributed by atoms with Crippen LogP contribution in [0.1, 0.15) is 0 Å². The number of rotatable bonds is 4. The summed E-state index contributed by atoms with van der Waals surface area (Å²) >= 11 is 9.31. The SMILES string of the molecule is O=S(=O)(c1ccc(Br)cc1)c1c(-c2ccc(Cl)cc2)noc1-c1ccccc1. The molecule has 3 aromatic carbocycles. The second-order valence-corrected chi connectivity index (χ2v) is 9.26. The van der Waals surface area contributed by atoms with Crippen LogP contribution in [0.25, 0.3) is 22.6 Å². The van der Waals surface area contributed by atoms with Crippen molar-refractivity contribution in [2.45, 2.75) is 9.79 Å². The molecular formula is C21H13BrClNO3S. The quantitative estimate of drug-likeness (QED) is 0.350. The standard InChI is InChI=1S/C21H13BrClNO3S/c22-16-8-12-18(13-9-16)28(25,26)21-19(14-6-10-17(23)11-7-14)24-27-20(21)15-4-2-1-3-5-15/h1-13H. The van der Waals surface area contributed by atoms with Gasteiger partial charge in [0.05, 0.1) is 4.90 Å². The van der Waals surface area contributed by atoms with Gasteiger partial charge in [-0.05, 0) is 36.4 Å². The molecule has 0 fully saturated rings. The van der Waals surface area contributed by atoms with E-state index in [0.717, 1.165) is 4.47 Å². The van der Waals surface area contributed by atoms with Crippen LogP contribution in [-0.2, 0) is 9.84 Å². The minimum Gasteiger partial charge on any atom is -0.354 e. The fraction of sp³-hybridized carbons (Fsp3) is 0. The fourth-order valence-electron chi connectivity index (χ4n) is 2.83. The fourth-order valence-corrected chi connectivity index (χ4v) is 4.76. The van der Waals surface area contributed by atoms with Crippen LogP contribution >= 0.6 is 27.5 Å². The van der Waals surface area contributed by atoms with E-state index in [4.69, 9.17) is 16.1 Å². The highest BCUT2D eigenvalue weighted by Crippen LogP contribution is 2.39. The van der Waals surface area contributed by atoms with E-state index < -0.39 is 9.84 Å². The van der Waals surface area contributed by atoms with Gasteiger partial charge in [0.2, 0.25) is 9.84 Å². The molecule has 0 amide bonds. The number of nitrogens with zero attached hydrogens (tertiary/aromatic N) is 1. The van der Waals surface area contributed by atoms with Crippen LogP contribution in [0.15, 0.2) is 97.6 Å². The van der Waals surface area contributed by atoms with Crippen LogP contribution in [0.4, 0.5) is 0 Å². The van der Waals surface area contributed by atoms with Crippen LogP contribution in [0.2, 0.25) is 5.02 Å². The minimum atomic E-state index is -3.89. The van der Waals surface area contributed by atoms with E-state index in [1.807, 2.05) is 18.2 Å². The Morgan fingerprint density at radius 1 is 0.821 bits per heavy atom. The third kappa shape index (κ3) is 3.51. The van der Waals surface area contributed by atoms with Crippen molar-refractivity contribution in [3.05, 3.63) is 88.4 Å². The number of aromatic nitrogens is 1. The van der Waals surface area contributed by atoms with Gasteiger partial charge in [0.1, 0.15) is 10.6 Å². The van der Waals surface area contributed by atoms with Crippen LogP contribution in [0, 0.1) is 0 Å². The van der Waals surface area contributed by atoms with E-state index in [-0.39, 0.29) is 21.2 Å². The van der Waals surface area contributed by atoms with Crippen molar-refractivity contribution in [3.63, 3.8) is 0 Å². The normalized spacial score (nSPS) is 11.5. The summed E-state index contributed by atoms with van der Waals surface area (Å²) in [4.78, 5) is 0.189. The Morgan fingerprint density at radius 2 is 1.46 bits per heavy atom. The predicted octanol–water partition coefficient (Wildman–Crippen LogP) is 6.26. The first kappa shape index (κ1) is 18.9. The van der Waals surface area contributed by atoms with E-state index in [0.29, 0.717) is 16.1 Å². The molecular weight excluding hydrogens is 462 g/mol. The average Bonchev–Trinajstić information content (AvgIpc) is 3.16. The molecule has 0 saturated carbocycles. The molecule has 1 aromatic heterocycles. The summed E-state index contributed by atoms with van der Waals surface area (Å²) in [5.41, 5.74) is 1.48. The highest BCUT2D eigenvalue weighted by molar-refractivity contribution is 9.10. The van der Waals surface area contributed by atoms with Crippen molar-refractivity contribution in [1.82, 2.24) is 5.16 Å². The lowest BCUT2D eigenvalue weighted by molar-refractivity contribution is 0.433. The van der Waals surface area contributed by atoms with Gasteiger partial charge in [0.15, 0.2) is 5.76 Å². The van der Waals surface area contributed by atoms with E-state index in [9.17, 15) is 8.42 Å². The van der Waals surface area contributed by atoms with Crippen molar-refractivity contribution in [2.24, 2.45) is 0 Å². The molecule has 0 atom stereocenters. The van der Waals surface area contributed by atoms with Crippen molar-refractivity contribution >= 4 is 37.4 Å². The van der Waals surface area contributed by atoms with E-state index in [1.165, 1.54) is 0 Å². The van der Waals surface area contributed by atoms with E-state index in [2.05, 4.69) is 21.1 Å². The molecule has 4 nitrogen and oxygen atoms in total. The first-order chi connectivity index (χ1) is 13.5. The second-order valence-electron chi connectivity index (χ2n) is 6.02. The molecule has 0 aliphatic carbocycles. The van der Waals surface area contributed by atoms with Gasteiger partial charge in [-0.1, -0.05) is 75.2 Å². The third-order valence-electron chi connectivity index (χ3n) is 4.20. The summed E-state index contributed by atoms with van der Waals surface area (Å²) in [7, 11) is -3.89. The lowest BCUT2D eigenvalue weighted by Crippen LogP contribution is -2.04. The summed E-state index contributed by atoms with van der Waals surface area (Å²) in [6.07, 6.45) is 0. The average molecular weight is 475 g/mol. The topological polar surface area (TPSA) is 60.2 Å². The van der Waals surface area contributed by atoms with Gasteiger partial charge in [0.25, 0.3) is 0 Å². The number of hydrogen-bond acceptors (Lipinski definition) is 4. The molecule has 4 aromatic rings. The first-order valence-electron chi connectivity index (χ1n) is 8.28. The predicted molar refractivity (Wildman–Crippen MR) is 112 cm³/mol. The van der Waals surface area contributed by atoms with Gasteiger partial charge in [-0.3, -0.25) is 0 Å². The smallest absolute Gasteiger partial charge is 0.212 e. The Labute approximate surface area is 175 Å². The summed E-state index contributed by atoms with van der Waals surface area (Å²) < 4.78 is 33.4. The highest BCUT2D eigenvalue weighted by atomic mass is 79.9. The van der Waals surface area contributed by atoms with Crippen molar-refractivity contribution < 1.29 is 12.9 Å².